The van der Waals surface area contributed by atoms with E-state index in [0.717, 1.165) is 0 Å². The third-order valence-electron chi connectivity index (χ3n) is 4.47. The molecule has 0 spiro atoms. The summed E-state index contributed by atoms with van der Waals surface area (Å²) in [5.41, 5.74) is 1.05. The molecule has 3 rings (SSSR count). The van der Waals surface area contributed by atoms with Crippen LogP contribution in [0.1, 0.15) is 28.3 Å². The van der Waals surface area contributed by atoms with E-state index >= 15 is 0 Å². The Hall–Kier alpha value is -3.15. The van der Waals surface area contributed by atoms with Gasteiger partial charge < -0.3 is 4.74 Å². The lowest BCUT2D eigenvalue weighted by atomic mass is 9.87. The topological polar surface area (TPSA) is 39.2 Å². The number of ether oxygens (including phenoxy) is 1. The van der Waals surface area contributed by atoms with Crippen molar-refractivity contribution in [3.8, 4) is 17.0 Å². The molecule has 0 amide bonds. The van der Waals surface area contributed by atoms with Gasteiger partial charge in [0.05, 0.1) is 18.7 Å². The van der Waals surface area contributed by atoms with Crippen LogP contribution >= 0.6 is 0 Å². The molecule has 0 aliphatic carbocycles. The zero-order chi connectivity index (χ0) is 20.1. The molecule has 0 saturated carbocycles. The lowest BCUT2D eigenvalue weighted by Crippen LogP contribution is -2.24. The smallest absolute Gasteiger partial charge is 0.396 e. The number of nitrogens with zero attached hydrogens (tertiary/aromatic N) is 1. The van der Waals surface area contributed by atoms with Gasteiger partial charge in [0, 0.05) is 23.7 Å². The summed E-state index contributed by atoms with van der Waals surface area (Å²) in [5.74, 6) is -1.98. The Kier molecular flexibility index (Phi) is 5.78. The van der Waals surface area contributed by atoms with Crippen LogP contribution in [0.5, 0.6) is 5.75 Å². The number of hydrogen-bond acceptors (Lipinski definition) is 3. The fraction of sp³-hybridized carbons (Fsp3) is 0.182. The number of hydrogen-bond donors (Lipinski definition) is 0. The molecular weight excluding hydrogens is 367 g/mol. The first-order valence-electron chi connectivity index (χ1n) is 8.64. The number of aromatic nitrogens is 1. The largest absolute Gasteiger partial charge is 0.497 e. The first kappa shape index (κ1) is 19.6. The highest BCUT2D eigenvalue weighted by Crippen LogP contribution is 2.42. The van der Waals surface area contributed by atoms with Crippen molar-refractivity contribution in [2.45, 2.75) is 18.5 Å². The van der Waals surface area contributed by atoms with Crippen molar-refractivity contribution < 1.29 is 22.7 Å². The SMILES string of the molecule is COc1ccc(C(=O)CC(c2ccccc2-c2ccccn2)C(F)(F)F)cc1. The summed E-state index contributed by atoms with van der Waals surface area (Å²) >= 11 is 0. The van der Waals surface area contributed by atoms with E-state index in [1.165, 1.54) is 31.5 Å². The van der Waals surface area contributed by atoms with Crippen LogP contribution in [-0.4, -0.2) is 24.1 Å². The van der Waals surface area contributed by atoms with E-state index in [1.54, 1.807) is 48.5 Å². The van der Waals surface area contributed by atoms with Crippen LogP contribution in [0.25, 0.3) is 11.3 Å². The van der Waals surface area contributed by atoms with Gasteiger partial charge in [-0.15, -0.1) is 0 Å². The highest BCUT2D eigenvalue weighted by atomic mass is 19.4. The van der Waals surface area contributed by atoms with Crippen molar-refractivity contribution in [3.05, 3.63) is 84.1 Å². The lowest BCUT2D eigenvalue weighted by Gasteiger charge is -2.22. The van der Waals surface area contributed by atoms with Crippen molar-refractivity contribution in [1.29, 1.82) is 0 Å². The van der Waals surface area contributed by atoms with Gasteiger partial charge in [0.25, 0.3) is 0 Å². The number of rotatable bonds is 6. The number of methoxy groups -OCH3 is 1. The highest BCUT2D eigenvalue weighted by molar-refractivity contribution is 5.96. The maximum Gasteiger partial charge on any atom is 0.396 e. The Bertz CT molecular complexity index is 938. The summed E-state index contributed by atoms with van der Waals surface area (Å²) in [4.78, 5) is 16.7. The van der Waals surface area contributed by atoms with E-state index in [9.17, 15) is 18.0 Å². The molecule has 0 saturated heterocycles. The van der Waals surface area contributed by atoms with Gasteiger partial charge in [-0.2, -0.15) is 13.2 Å². The molecule has 2 aromatic carbocycles. The molecule has 1 unspecified atom stereocenters. The van der Waals surface area contributed by atoms with Crippen LogP contribution < -0.4 is 4.74 Å². The van der Waals surface area contributed by atoms with Gasteiger partial charge in [-0.3, -0.25) is 9.78 Å². The monoisotopic (exact) mass is 385 g/mol. The molecule has 0 fully saturated rings. The molecule has 3 nitrogen and oxygen atoms in total. The van der Waals surface area contributed by atoms with Crippen LogP contribution in [0.4, 0.5) is 13.2 Å². The molecule has 1 heterocycles. The van der Waals surface area contributed by atoms with E-state index in [1.807, 2.05) is 0 Å². The number of pyridine rings is 1. The third kappa shape index (κ3) is 4.39. The number of alkyl halides is 3. The summed E-state index contributed by atoms with van der Waals surface area (Å²) in [6.07, 6.45) is -3.73. The van der Waals surface area contributed by atoms with Gasteiger partial charge in [0.2, 0.25) is 0 Å². The summed E-state index contributed by atoms with van der Waals surface area (Å²) in [6.45, 7) is 0. The average Bonchev–Trinajstić information content (AvgIpc) is 2.72. The fourth-order valence-electron chi connectivity index (χ4n) is 3.04. The molecule has 0 radical (unpaired) electrons. The van der Waals surface area contributed by atoms with Crippen LogP contribution in [0.15, 0.2) is 72.9 Å². The van der Waals surface area contributed by atoms with E-state index in [2.05, 4.69) is 4.98 Å². The van der Waals surface area contributed by atoms with Crippen molar-refractivity contribution >= 4 is 5.78 Å². The number of Topliss-reactive ketones (excluding diaryl/α,β-unsaturated/α-hetero) is 1. The summed E-state index contributed by atoms with van der Waals surface area (Å²) in [7, 11) is 1.48. The third-order valence-corrected chi connectivity index (χ3v) is 4.47. The molecule has 1 aromatic heterocycles. The van der Waals surface area contributed by atoms with E-state index in [-0.39, 0.29) is 11.1 Å². The second-order valence-electron chi connectivity index (χ2n) is 6.25. The zero-order valence-electron chi connectivity index (χ0n) is 15.1. The molecule has 3 aromatic rings. The van der Waals surface area contributed by atoms with Gasteiger partial charge >= 0.3 is 6.18 Å². The van der Waals surface area contributed by atoms with Crippen LogP contribution in [0.2, 0.25) is 0 Å². The quantitative estimate of drug-likeness (QED) is 0.513. The fourth-order valence-corrected chi connectivity index (χ4v) is 3.04. The predicted octanol–water partition coefficient (Wildman–Crippen LogP) is 5.68. The molecular formula is C22H18F3NO2. The minimum atomic E-state index is -4.58. The van der Waals surface area contributed by atoms with Crippen molar-refractivity contribution in [3.63, 3.8) is 0 Å². The number of benzene rings is 2. The van der Waals surface area contributed by atoms with Gasteiger partial charge in [-0.1, -0.05) is 30.3 Å². The maximum atomic E-state index is 13.9. The average molecular weight is 385 g/mol. The molecule has 0 N–H and O–H groups in total. The number of ketones is 1. The number of carbonyl (C=O) groups excluding carboxylic acids is 1. The van der Waals surface area contributed by atoms with Crippen LogP contribution in [-0.2, 0) is 0 Å². The summed E-state index contributed by atoms with van der Waals surface area (Å²) < 4.78 is 46.7. The Morgan fingerprint density at radius 2 is 1.68 bits per heavy atom. The minimum Gasteiger partial charge on any atom is -0.497 e. The molecule has 0 aliphatic rings. The number of carbonyl (C=O) groups is 1. The second-order valence-corrected chi connectivity index (χ2v) is 6.25. The molecule has 0 bridgehead atoms. The lowest BCUT2D eigenvalue weighted by molar-refractivity contribution is -0.149. The van der Waals surface area contributed by atoms with Crippen LogP contribution in [0.3, 0.4) is 0 Å². The minimum absolute atomic E-state index is 0.0376. The predicted molar refractivity (Wildman–Crippen MR) is 100 cm³/mol. The van der Waals surface area contributed by atoms with Crippen molar-refractivity contribution in [2.24, 2.45) is 0 Å². The molecule has 0 aliphatic heterocycles. The van der Waals surface area contributed by atoms with Gasteiger partial charge in [0.1, 0.15) is 5.75 Å². The first-order valence-corrected chi connectivity index (χ1v) is 8.64. The Labute approximate surface area is 160 Å². The summed E-state index contributed by atoms with van der Waals surface area (Å²) in [5, 5.41) is 0. The Morgan fingerprint density at radius 1 is 1.00 bits per heavy atom. The van der Waals surface area contributed by atoms with Gasteiger partial charge in [-0.05, 0) is 42.0 Å². The Balaban J connectivity index is 1.97. The van der Waals surface area contributed by atoms with E-state index in [4.69, 9.17) is 4.74 Å². The van der Waals surface area contributed by atoms with Crippen molar-refractivity contribution in [1.82, 2.24) is 4.98 Å². The molecule has 144 valence electrons. The Morgan fingerprint density at radius 3 is 2.29 bits per heavy atom. The molecule has 1 atom stereocenters. The molecule has 28 heavy (non-hydrogen) atoms. The normalized spacial score (nSPS) is 12.4. The first-order chi connectivity index (χ1) is 13.4. The van der Waals surface area contributed by atoms with Crippen molar-refractivity contribution in [2.75, 3.05) is 7.11 Å². The second kappa shape index (κ2) is 8.25. The standard InChI is InChI=1S/C22H18F3NO2/c1-28-16-11-9-15(10-12-16)21(27)14-19(22(23,24)25)17-6-2-3-7-18(17)20-8-4-5-13-26-20/h2-13,19H,14H2,1H3. The van der Waals surface area contributed by atoms with E-state index < -0.39 is 24.3 Å². The van der Waals surface area contributed by atoms with E-state index in [0.29, 0.717) is 17.0 Å². The maximum absolute atomic E-state index is 13.9. The zero-order valence-corrected chi connectivity index (χ0v) is 15.1. The highest BCUT2D eigenvalue weighted by Gasteiger charge is 2.43. The van der Waals surface area contributed by atoms with Gasteiger partial charge in [-0.25, -0.2) is 0 Å². The van der Waals surface area contributed by atoms with Gasteiger partial charge in [0.15, 0.2) is 5.78 Å². The molecule has 6 heteroatoms. The van der Waals surface area contributed by atoms with Crippen LogP contribution in [0, 0.1) is 0 Å². The number of halogens is 3. The summed E-state index contributed by atoms with van der Waals surface area (Å²) in [6, 6.07) is 17.3.